The zero-order valence-electron chi connectivity index (χ0n) is 21.1. The molecule has 0 bridgehead atoms. The van der Waals surface area contributed by atoms with Gasteiger partial charge in [-0.2, -0.15) is 0 Å². The molecule has 0 heterocycles. The average Bonchev–Trinajstić information content (AvgIpc) is 2.65. The van der Waals surface area contributed by atoms with Crippen LogP contribution in [-0.4, -0.2) is 23.0 Å². The minimum absolute atomic E-state index is 0.0297. The number of ether oxygens (including phenoxy) is 2. The van der Waals surface area contributed by atoms with Crippen molar-refractivity contribution in [3.05, 3.63) is 69.3 Å². The van der Waals surface area contributed by atoms with E-state index in [1.165, 1.54) is 5.56 Å². The summed E-state index contributed by atoms with van der Waals surface area (Å²) >= 11 is 0. The van der Waals surface area contributed by atoms with E-state index >= 15 is 0 Å². The smallest absolute Gasteiger partial charge is 0.350 e. The molecule has 4 nitrogen and oxygen atoms in total. The SMILES string of the molecule is Cc1cc(C(=O)/C=C/c2cc(C)c(OC(C)(C)C(=O)OC(C)(C)C)c(C)c2)cc(C)c1C. The normalized spacial score (nSPS) is 12.2. The highest BCUT2D eigenvalue weighted by molar-refractivity contribution is 6.07. The quantitative estimate of drug-likeness (QED) is 0.290. The van der Waals surface area contributed by atoms with Crippen LogP contribution in [0.4, 0.5) is 0 Å². The lowest BCUT2D eigenvalue weighted by atomic mass is 9.98. The zero-order chi connectivity index (χ0) is 24.4. The Labute approximate surface area is 192 Å². The second-order valence-corrected chi connectivity index (χ2v) is 10.0. The topological polar surface area (TPSA) is 52.6 Å². The first-order valence-corrected chi connectivity index (χ1v) is 10.9. The van der Waals surface area contributed by atoms with E-state index in [0.717, 1.165) is 27.8 Å². The molecular weight excluding hydrogens is 400 g/mol. The molecule has 0 amide bonds. The number of allylic oxidation sites excluding steroid dienone is 1. The van der Waals surface area contributed by atoms with E-state index in [-0.39, 0.29) is 5.78 Å². The molecule has 0 N–H and O–H groups in total. The van der Waals surface area contributed by atoms with E-state index in [2.05, 4.69) is 6.92 Å². The van der Waals surface area contributed by atoms with Crippen LogP contribution >= 0.6 is 0 Å². The van der Waals surface area contributed by atoms with E-state index in [0.29, 0.717) is 11.3 Å². The molecule has 0 aliphatic rings. The largest absolute Gasteiger partial charge is 0.476 e. The Morgan fingerprint density at radius 3 is 1.75 bits per heavy atom. The highest BCUT2D eigenvalue weighted by Crippen LogP contribution is 2.30. The average molecular weight is 437 g/mol. The Morgan fingerprint density at radius 1 is 0.781 bits per heavy atom. The maximum atomic E-state index is 12.7. The molecule has 2 rings (SSSR count). The molecule has 0 unspecified atom stereocenters. The summed E-state index contributed by atoms with van der Waals surface area (Å²) in [6.45, 7) is 18.9. The van der Waals surface area contributed by atoms with Gasteiger partial charge >= 0.3 is 5.97 Å². The van der Waals surface area contributed by atoms with Crippen molar-refractivity contribution in [2.24, 2.45) is 0 Å². The fraction of sp³-hybridized carbons (Fsp3) is 0.429. The van der Waals surface area contributed by atoms with Crippen LogP contribution in [0.5, 0.6) is 5.75 Å². The van der Waals surface area contributed by atoms with E-state index in [1.807, 2.05) is 78.8 Å². The van der Waals surface area contributed by atoms with Crippen molar-refractivity contribution in [3.8, 4) is 5.75 Å². The summed E-state index contributed by atoms with van der Waals surface area (Å²) in [6, 6.07) is 7.76. The summed E-state index contributed by atoms with van der Waals surface area (Å²) in [6.07, 6.45) is 3.42. The summed E-state index contributed by atoms with van der Waals surface area (Å²) in [5, 5.41) is 0. The van der Waals surface area contributed by atoms with Gasteiger partial charge in [0.05, 0.1) is 0 Å². The lowest BCUT2D eigenvalue weighted by Crippen LogP contribution is -2.43. The van der Waals surface area contributed by atoms with Crippen molar-refractivity contribution in [1.29, 1.82) is 0 Å². The Hall–Kier alpha value is -2.88. The predicted octanol–water partition coefficient (Wildman–Crippen LogP) is 6.62. The lowest BCUT2D eigenvalue weighted by Gasteiger charge is -2.30. The molecule has 0 saturated carbocycles. The second kappa shape index (κ2) is 9.32. The third-order valence-corrected chi connectivity index (χ3v) is 5.37. The van der Waals surface area contributed by atoms with Gasteiger partial charge in [-0.05, 0) is 133 Å². The predicted molar refractivity (Wildman–Crippen MR) is 130 cm³/mol. The standard InChI is InChI=1S/C28H36O4/c1-17-15-23(16-18(2)21(17)5)24(29)12-11-22-13-19(3)25(20(4)14-22)31-28(9,10)26(30)32-27(6,7)8/h11-16H,1-10H3/b12-11+. The van der Waals surface area contributed by atoms with Crippen LogP contribution in [0, 0.1) is 34.6 Å². The van der Waals surface area contributed by atoms with Crippen LogP contribution in [0.15, 0.2) is 30.3 Å². The molecule has 2 aromatic carbocycles. The first kappa shape index (κ1) is 25.4. The number of carbonyl (C=O) groups excluding carboxylic acids is 2. The monoisotopic (exact) mass is 436 g/mol. The Balaban J connectivity index is 2.24. The van der Waals surface area contributed by atoms with Crippen LogP contribution in [-0.2, 0) is 9.53 Å². The van der Waals surface area contributed by atoms with E-state index < -0.39 is 17.2 Å². The first-order chi connectivity index (χ1) is 14.6. The van der Waals surface area contributed by atoms with Gasteiger partial charge < -0.3 is 9.47 Å². The fourth-order valence-corrected chi connectivity index (χ4v) is 3.38. The number of rotatable bonds is 6. The van der Waals surface area contributed by atoms with Gasteiger partial charge in [-0.25, -0.2) is 4.79 Å². The van der Waals surface area contributed by atoms with Crippen molar-refractivity contribution in [2.75, 3.05) is 0 Å². The minimum atomic E-state index is -1.13. The highest BCUT2D eigenvalue weighted by atomic mass is 16.6. The number of hydrogen-bond donors (Lipinski definition) is 0. The number of aryl methyl sites for hydroxylation is 4. The molecule has 0 atom stereocenters. The summed E-state index contributed by atoms with van der Waals surface area (Å²) in [4.78, 5) is 25.2. The summed E-state index contributed by atoms with van der Waals surface area (Å²) < 4.78 is 11.6. The zero-order valence-corrected chi connectivity index (χ0v) is 21.1. The molecule has 4 heteroatoms. The van der Waals surface area contributed by atoms with E-state index in [4.69, 9.17) is 9.47 Å². The third kappa shape index (κ3) is 6.32. The maximum Gasteiger partial charge on any atom is 0.350 e. The summed E-state index contributed by atoms with van der Waals surface area (Å²) in [7, 11) is 0. The number of ketones is 1. The highest BCUT2D eigenvalue weighted by Gasteiger charge is 2.35. The molecule has 0 aliphatic heterocycles. The van der Waals surface area contributed by atoms with Gasteiger partial charge in [0.15, 0.2) is 11.4 Å². The molecule has 0 aromatic heterocycles. The summed E-state index contributed by atoms with van der Waals surface area (Å²) in [5.41, 5.74) is 5.08. The third-order valence-electron chi connectivity index (χ3n) is 5.37. The van der Waals surface area contributed by atoms with Gasteiger partial charge in [0, 0.05) is 5.56 Å². The molecular formula is C28H36O4. The van der Waals surface area contributed by atoms with Crippen molar-refractivity contribution in [2.45, 2.75) is 80.4 Å². The maximum absolute atomic E-state index is 12.7. The Kier molecular flexibility index (Phi) is 7.39. The van der Waals surface area contributed by atoms with Crippen molar-refractivity contribution in [1.82, 2.24) is 0 Å². The van der Waals surface area contributed by atoms with Crippen molar-refractivity contribution >= 4 is 17.8 Å². The molecule has 0 saturated heterocycles. The fourth-order valence-electron chi connectivity index (χ4n) is 3.38. The van der Waals surface area contributed by atoms with Gasteiger partial charge in [0.25, 0.3) is 0 Å². The van der Waals surface area contributed by atoms with Crippen LogP contribution in [0.1, 0.15) is 78.4 Å². The number of carbonyl (C=O) groups is 2. The Bertz CT molecular complexity index is 1020. The molecule has 172 valence electrons. The van der Waals surface area contributed by atoms with Crippen molar-refractivity contribution in [3.63, 3.8) is 0 Å². The van der Waals surface area contributed by atoms with Gasteiger partial charge in [-0.15, -0.1) is 0 Å². The Morgan fingerprint density at radius 2 is 1.28 bits per heavy atom. The van der Waals surface area contributed by atoms with E-state index in [1.54, 1.807) is 19.9 Å². The van der Waals surface area contributed by atoms with Crippen LogP contribution < -0.4 is 4.74 Å². The van der Waals surface area contributed by atoms with Crippen LogP contribution in [0.2, 0.25) is 0 Å². The lowest BCUT2D eigenvalue weighted by molar-refractivity contribution is -0.171. The minimum Gasteiger partial charge on any atom is -0.476 e. The van der Waals surface area contributed by atoms with Gasteiger partial charge in [0.2, 0.25) is 0 Å². The van der Waals surface area contributed by atoms with Gasteiger partial charge in [-0.3, -0.25) is 4.79 Å². The number of benzene rings is 2. The molecule has 0 fully saturated rings. The molecule has 32 heavy (non-hydrogen) atoms. The van der Waals surface area contributed by atoms with Gasteiger partial charge in [0.1, 0.15) is 11.4 Å². The second-order valence-electron chi connectivity index (χ2n) is 10.0. The molecule has 0 radical (unpaired) electrons. The number of hydrogen-bond acceptors (Lipinski definition) is 4. The van der Waals surface area contributed by atoms with Crippen LogP contribution in [0.25, 0.3) is 6.08 Å². The van der Waals surface area contributed by atoms with Crippen molar-refractivity contribution < 1.29 is 19.1 Å². The number of esters is 1. The molecule has 0 spiro atoms. The van der Waals surface area contributed by atoms with Crippen LogP contribution in [0.3, 0.4) is 0 Å². The first-order valence-electron chi connectivity index (χ1n) is 10.9. The van der Waals surface area contributed by atoms with Gasteiger partial charge in [-0.1, -0.05) is 6.08 Å². The molecule has 2 aromatic rings. The summed E-state index contributed by atoms with van der Waals surface area (Å²) in [5.74, 6) is 0.203. The molecule has 0 aliphatic carbocycles. The van der Waals surface area contributed by atoms with E-state index in [9.17, 15) is 9.59 Å².